The first-order valence-corrected chi connectivity index (χ1v) is 6.82. The van der Waals surface area contributed by atoms with Gasteiger partial charge in [-0.05, 0) is 17.7 Å². The van der Waals surface area contributed by atoms with E-state index >= 15 is 0 Å². The molecule has 5 nitrogen and oxygen atoms in total. The first-order chi connectivity index (χ1) is 10.0. The molecule has 0 saturated heterocycles. The predicted molar refractivity (Wildman–Crippen MR) is 80.7 cm³/mol. The number of carbonyl (C=O) groups excluding carboxylic acids is 1. The fourth-order valence-electron chi connectivity index (χ4n) is 1.80. The molecule has 0 radical (unpaired) electrons. The molecule has 0 unspecified atom stereocenters. The minimum atomic E-state index is -0.824. The summed E-state index contributed by atoms with van der Waals surface area (Å²) in [7, 11) is 1.53. The van der Waals surface area contributed by atoms with Gasteiger partial charge in [0, 0.05) is 23.3 Å². The number of pyridine rings is 1. The summed E-state index contributed by atoms with van der Waals surface area (Å²) in [6, 6.07) is 6.32. The van der Waals surface area contributed by atoms with Gasteiger partial charge in [0.15, 0.2) is 0 Å². The highest BCUT2D eigenvalue weighted by Crippen LogP contribution is 2.25. The number of primary amides is 1. The highest BCUT2D eigenvalue weighted by molar-refractivity contribution is 9.10. The summed E-state index contributed by atoms with van der Waals surface area (Å²) in [4.78, 5) is 15.4. The molecule has 0 aliphatic rings. The summed E-state index contributed by atoms with van der Waals surface area (Å²) >= 11 is 3.18. The second kappa shape index (κ2) is 6.53. The number of carbonyl (C=O) groups is 1. The Morgan fingerprint density at radius 3 is 2.81 bits per heavy atom. The Labute approximate surface area is 129 Å². The molecular formula is C14H13BrFN3O2. The van der Waals surface area contributed by atoms with Crippen LogP contribution in [0.4, 0.5) is 10.1 Å². The van der Waals surface area contributed by atoms with Crippen LogP contribution in [0.25, 0.3) is 0 Å². The summed E-state index contributed by atoms with van der Waals surface area (Å²) in [5.41, 5.74) is 6.22. The topological polar surface area (TPSA) is 77.2 Å². The lowest BCUT2D eigenvalue weighted by molar-refractivity contribution is 0.0997. The minimum absolute atomic E-state index is 0.167. The van der Waals surface area contributed by atoms with E-state index in [1.165, 1.54) is 13.2 Å². The third kappa shape index (κ3) is 3.69. The van der Waals surface area contributed by atoms with Crippen molar-refractivity contribution >= 4 is 27.5 Å². The first kappa shape index (κ1) is 15.2. The number of ether oxygens (including phenoxy) is 1. The van der Waals surface area contributed by atoms with E-state index in [9.17, 15) is 9.18 Å². The van der Waals surface area contributed by atoms with E-state index in [2.05, 4.69) is 26.2 Å². The number of nitrogens with zero attached hydrogens (tertiary/aromatic N) is 1. The average Bonchev–Trinajstić information content (AvgIpc) is 2.44. The van der Waals surface area contributed by atoms with E-state index in [-0.39, 0.29) is 5.56 Å². The number of amides is 1. The first-order valence-electron chi connectivity index (χ1n) is 6.03. The zero-order valence-corrected chi connectivity index (χ0v) is 12.8. The van der Waals surface area contributed by atoms with Crippen LogP contribution in [-0.4, -0.2) is 18.0 Å². The Bertz CT molecular complexity index is 662. The lowest BCUT2D eigenvalue weighted by atomic mass is 10.1. The predicted octanol–water partition coefficient (Wildman–Crippen LogP) is 2.70. The lowest BCUT2D eigenvalue weighted by Gasteiger charge is -2.12. The normalized spacial score (nSPS) is 10.2. The van der Waals surface area contributed by atoms with Crippen molar-refractivity contribution in [2.45, 2.75) is 6.54 Å². The van der Waals surface area contributed by atoms with Crippen LogP contribution in [0.3, 0.4) is 0 Å². The monoisotopic (exact) mass is 353 g/mol. The number of methoxy groups -OCH3 is 1. The second-order valence-corrected chi connectivity index (χ2v) is 5.15. The Morgan fingerprint density at radius 2 is 2.24 bits per heavy atom. The molecule has 1 amide bonds. The van der Waals surface area contributed by atoms with Crippen molar-refractivity contribution in [1.29, 1.82) is 0 Å². The molecule has 0 fully saturated rings. The molecule has 0 atom stereocenters. The largest absolute Gasteiger partial charge is 0.481 e. The number of nitrogens with two attached hydrogens (primary N) is 1. The molecule has 0 aliphatic heterocycles. The quantitative estimate of drug-likeness (QED) is 0.866. The minimum Gasteiger partial charge on any atom is -0.481 e. The van der Waals surface area contributed by atoms with Gasteiger partial charge >= 0.3 is 0 Å². The summed E-state index contributed by atoms with van der Waals surface area (Å²) in [5, 5.41) is 2.98. The molecule has 1 heterocycles. The molecule has 21 heavy (non-hydrogen) atoms. The third-order valence-electron chi connectivity index (χ3n) is 2.79. The number of hydrogen-bond donors (Lipinski definition) is 2. The SMILES string of the molecule is COc1ccc(CNc2cc(Br)cc(F)c2C(N)=O)cn1. The van der Waals surface area contributed by atoms with Crippen molar-refractivity contribution < 1.29 is 13.9 Å². The van der Waals surface area contributed by atoms with Crippen LogP contribution in [0.1, 0.15) is 15.9 Å². The molecule has 1 aromatic heterocycles. The fraction of sp³-hybridized carbons (Fsp3) is 0.143. The molecule has 7 heteroatoms. The van der Waals surface area contributed by atoms with E-state index in [1.807, 2.05) is 6.07 Å². The number of rotatable bonds is 5. The van der Waals surface area contributed by atoms with Crippen molar-refractivity contribution in [1.82, 2.24) is 4.98 Å². The van der Waals surface area contributed by atoms with Crippen LogP contribution in [0, 0.1) is 5.82 Å². The summed E-state index contributed by atoms with van der Waals surface area (Å²) in [5.74, 6) is -0.993. The van der Waals surface area contributed by atoms with Gasteiger partial charge in [-0.15, -0.1) is 0 Å². The molecule has 2 aromatic rings. The maximum atomic E-state index is 13.8. The van der Waals surface area contributed by atoms with Crippen LogP contribution in [-0.2, 0) is 6.54 Å². The van der Waals surface area contributed by atoms with Crippen molar-refractivity contribution in [3.05, 3.63) is 51.9 Å². The summed E-state index contributed by atoms with van der Waals surface area (Å²) in [6.45, 7) is 0.368. The molecule has 0 spiro atoms. The number of hydrogen-bond acceptors (Lipinski definition) is 4. The molecule has 0 aliphatic carbocycles. The Hall–Kier alpha value is -2.15. The Morgan fingerprint density at radius 1 is 1.48 bits per heavy atom. The molecule has 0 bridgehead atoms. The van der Waals surface area contributed by atoms with Crippen LogP contribution in [0.5, 0.6) is 5.88 Å². The number of halogens is 2. The van der Waals surface area contributed by atoms with Gasteiger partial charge in [-0.3, -0.25) is 4.79 Å². The maximum absolute atomic E-state index is 13.8. The van der Waals surface area contributed by atoms with Gasteiger partial charge in [0.1, 0.15) is 5.82 Å². The van der Waals surface area contributed by atoms with Gasteiger partial charge in [0.25, 0.3) is 5.91 Å². The lowest BCUT2D eigenvalue weighted by Crippen LogP contribution is -2.16. The van der Waals surface area contributed by atoms with Gasteiger partial charge in [-0.25, -0.2) is 9.37 Å². The molecule has 2 rings (SSSR count). The van der Waals surface area contributed by atoms with Crippen molar-refractivity contribution in [2.24, 2.45) is 5.73 Å². The van der Waals surface area contributed by atoms with Gasteiger partial charge in [-0.1, -0.05) is 22.0 Å². The summed E-state index contributed by atoms with van der Waals surface area (Å²) in [6.07, 6.45) is 1.63. The average molecular weight is 354 g/mol. The molecular weight excluding hydrogens is 341 g/mol. The van der Waals surface area contributed by atoms with Crippen LogP contribution < -0.4 is 15.8 Å². The van der Waals surface area contributed by atoms with Crippen LogP contribution >= 0.6 is 15.9 Å². The zero-order valence-electron chi connectivity index (χ0n) is 11.2. The van der Waals surface area contributed by atoms with E-state index in [0.29, 0.717) is 22.6 Å². The van der Waals surface area contributed by atoms with E-state index < -0.39 is 11.7 Å². The smallest absolute Gasteiger partial charge is 0.253 e. The molecule has 0 saturated carbocycles. The second-order valence-electron chi connectivity index (χ2n) is 4.24. The highest BCUT2D eigenvalue weighted by atomic mass is 79.9. The van der Waals surface area contributed by atoms with Crippen LogP contribution in [0.2, 0.25) is 0 Å². The Balaban J connectivity index is 2.20. The number of benzene rings is 1. The molecule has 1 aromatic carbocycles. The highest BCUT2D eigenvalue weighted by Gasteiger charge is 2.15. The zero-order chi connectivity index (χ0) is 15.4. The van der Waals surface area contributed by atoms with Gasteiger partial charge in [0.2, 0.25) is 5.88 Å². The third-order valence-corrected chi connectivity index (χ3v) is 3.25. The van der Waals surface area contributed by atoms with Crippen molar-refractivity contribution in [3.63, 3.8) is 0 Å². The van der Waals surface area contributed by atoms with E-state index in [4.69, 9.17) is 10.5 Å². The van der Waals surface area contributed by atoms with E-state index in [1.54, 1.807) is 18.3 Å². The van der Waals surface area contributed by atoms with E-state index in [0.717, 1.165) is 5.56 Å². The van der Waals surface area contributed by atoms with Gasteiger partial charge < -0.3 is 15.8 Å². The van der Waals surface area contributed by atoms with Crippen molar-refractivity contribution in [3.8, 4) is 5.88 Å². The number of anilines is 1. The summed E-state index contributed by atoms with van der Waals surface area (Å²) < 4.78 is 19.3. The number of aromatic nitrogens is 1. The van der Waals surface area contributed by atoms with Gasteiger partial charge in [-0.2, -0.15) is 0 Å². The van der Waals surface area contributed by atoms with Crippen LogP contribution in [0.15, 0.2) is 34.9 Å². The number of nitrogens with one attached hydrogen (secondary N) is 1. The molecule has 110 valence electrons. The van der Waals surface area contributed by atoms with Crippen molar-refractivity contribution in [2.75, 3.05) is 12.4 Å². The fourth-order valence-corrected chi connectivity index (χ4v) is 2.23. The maximum Gasteiger partial charge on any atom is 0.253 e. The van der Waals surface area contributed by atoms with Gasteiger partial charge in [0.05, 0.1) is 18.4 Å². The molecule has 3 N–H and O–H groups in total. The standard InChI is InChI=1S/C14H13BrFN3O2/c1-21-12-3-2-8(7-19-12)6-18-11-5-9(15)4-10(16)13(11)14(17)20/h2-5,7,18H,6H2,1H3,(H2,17,20). The Kier molecular flexibility index (Phi) is 4.74.